The molecule has 0 radical (unpaired) electrons. The summed E-state index contributed by atoms with van der Waals surface area (Å²) in [5.74, 6) is 1.02. The number of nitrogens with one attached hydrogen (secondary N) is 1. The Kier molecular flexibility index (Phi) is 4.12. The van der Waals surface area contributed by atoms with E-state index in [1.165, 1.54) is 5.56 Å². The fourth-order valence-electron chi connectivity index (χ4n) is 2.82. The Morgan fingerprint density at radius 1 is 0.960 bits per heavy atom. The third kappa shape index (κ3) is 3.08. The number of benzene rings is 2. The van der Waals surface area contributed by atoms with Crippen molar-refractivity contribution in [3.63, 3.8) is 0 Å². The second-order valence-electron chi connectivity index (χ2n) is 5.99. The van der Waals surface area contributed by atoms with E-state index >= 15 is 0 Å². The van der Waals surface area contributed by atoms with E-state index in [2.05, 4.69) is 51.6 Å². The predicted molar refractivity (Wildman–Crippen MR) is 98.4 cm³/mol. The first-order valence-corrected chi connectivity index (χ1v) is 8.27. The Morgan fingerprint density at radius 3 is 2.44 bits per heavy atom. The molecule has 0 fully saturated rings. The van der Waals surface area contributed by atoms with Crippen LogP contribution in [0.4, 0.5) is 5.82 Å². The van der Waals surface area contributed by atoms with E-state index in [1.807, 2.05) is 36.4 Å². The number of hydrogen-bond acceptors (Lipinski definition) is 5. The monoisotopic (exact) mass is 330 g/mol. The number of aromatic nitrogens is 3. The second-order valence-corrected chi connectivity index (χ2v) is 5.99. The van der Waals surface area contributed by atoms with Crippen molar-refractivity contribution in [1.29, 1.82) is 0 Å². The van der Waals surface area contributed by atoms with Crippen LogP contribution in [0.15, 0.2) is 71.5 Å². The van der Waals surface area contributed by atoms with Crippen LogP contribution in [-0.2, 0) is 0 Å². The largest absolute Gasteiger partial charge is 0.366 e. The third-order valence-corrected chi connectivity index (χ3v) is 4.25. The van der Waals surface area contributed by atoms with E-state index in [0.717, 1.165) is 23.3 Å². The lowest BCUT2D eigenvalue weighted by Gasteiger charge is -2.13. The Morgan fingerprint density at radius 2 is 1.68 bits per heavy atom. The fourth-order valence-corrected chi connectivity index (χ4v) is 2.82. The van der Waals surface area contributed by atoms with Crippen molar-refractivity contribution in [2.45, 2.75) is 12.8 Å². The lowest BCUT2D eigenvalue weighted by atomic mass is 10.0. The molecule has 0 aliphatic carbocycles. The average Bonchev–Trinajstić information content (AvgIpc) is 3.12. The highest BCUT2D eigenvalue weighted by Gasteiger charge is 2.16. The third-order valence-electron chi connectivity index (χ3n) is 4.25. The molecular formula is C20H18N4O. The normalized spacial score (nSPS) is 12.2. The summed E-state index contributed by atoms with van der Waals surface area (Å²) < 4.78 is 5.54. The van der Waals surface area contributed by atoms with Crippen molar-refractivity contribution in [2.75, 3.05) is 11.9 Å². The van der Waals surface area contributed by atoms with Gasteiger partial charge in [0.2, 0.25) is 5.58 Å². The van der Waals surface area contributed by atoms with Gasteiger partial charge in [0.1, 0.15) is 17.5 Å². The van der Waals surface area contributed by atoms with Crippen LogP contribution in [0.1, 0.15) is 18.4 Å². The molecule has 0 aliphatic rings. The highest BCUT2D eigenvalue weighted by molar-refractivity contribution is 5.93. The number of rotatable bonds is 5. The smallest absolute Gasteiger partial charge is 0.228 e. The van der Waals surface area contributed by atoms with Gasteiger partial charge in [0.25, 0.3) is 0 Å². The first kappa shape index (κ1) is 15.3. The molecule has 124 valence electrons. The maximum atomic E-state index is 5.54. The molecule has 0 unspecified atom stereocenters. The lowest BCUT2D eigenvalue weighted by molar-refractivity contribution is 0.459. The van der Waals surface area contributed by atoms with Crippen LogP contribution >= 0.6 is 0 Å². The second kappa shape index (κ2) is 6.73. The van der Waals surface area contributed by atoms with Gasteiger partial charge in [-0.15, -0.1) is 0 Å². The fraction of sp³-hybridized carbons (Fsp3) is 0.150. The van der Waals surface area contributed by atoms with Crippen molar-refractivity contribution >= 4 is 16.9 Å². The van der Waals surface area contributed by atoms with Gasteiger partial charge in [-0.05, 0) is 11.5 Å². The Balaban J connectivity index is 1.60. The highest BCUT2D eigenvalue weighted by Crippen LogP contribution is 2.29. The molecule has 4 rings (SSSR count). The first-order chi connectivity index (χ1) is 12.3. The number of hydrogen-bond donors (Lipinski definition) is 1. The average molecular weight is 330 g/mol. The molecule has 0 bridgehead atoms. The molecule has 25 heavy (non-hydrogen) atoms. The van der Waals surface area contributed by atoms with Crippen molar-refractivity contribution in [3.8, 4) is 11.3 Å². The van der Waals surface area contributed by atoms with Crippen molar-refractivity contribution in [3.05, 3.63) is 72.6 Å². The molecule has 0 saturated carbocycles. The number of nitrogens with zero attached hydrogens (tertiary/aromatic N) is 3. The summed E-state index contributed by atoms with van der Waals surface area (Å²) in [5.41, 5.74) is 4.29. The van der Waals surface area contributed by atoms with Crippen molar-refractivity contribution < 1.29 is 4.52 Å². The Bertz CT molecular complexity index is 967. The van der Waals surface area contributed by atoms with Gasteiger partial charge in [0.05, 0.1) is 0 Å². The molecule has 1 atom stereocenters. The SMILES string of the molecule is C[C@H](CNc1ncnc2c(-c3ccccc3)noc12)c1ccccc1. The lowest BCUT2D eigenvalue weighted by Crippen LogP contribution is -2.11. The molecule has 0 amide bonds. The summed E-state index contributed by atoms with van der Waals surface area (Å²) >= 11 is 0. The van der Waals surface area contributed by atoms with Crippen molar-refractivity contribution in [2.24, 2.45) is 0 Å². The summed E-state index contributed by atoms with van der Waals surface area (Å²) in [6.45, 7) is 2.92. The van der Waals surface area contributed by atoms with E-state index in [1.54, 1.807) is 6.33 Å². The molecule has 4 aromatic rings. The highest BCUT2D eigenvalue weighted by atomic mass is 16.5. The van der Waals surface area contributed by atoms with E-state index in [9.17, 15) is 0 Å². The molecule has 5 heteroatoms. The van der Waals surface area contributed by atoms with Crippen LogP contribution in [0.2, 0.25) is 0 Å². The van der Waals surface area contributed by atoms with Crippen molar-refractivity contribution in [1.82, 2.24) is 15.1 Å². The van der Waals surface area contributed by atoms with Gasteiger partial charge in [0.15, 0.2) is 5.82 Å². The number of anilines is 1. The quantitative estimate of drug-likeness (QED) is 0.583. The summed E-state index contributed by atoms with van der Waals surface area (Å²) in [6, 6.07) is 20.3. The van der Waals surface area contributed by atoms with Crippen LogP contribution in [-0.4, -0.2) is 21.7 Å². The van der Waals surface area contributed by atoms with Crippen LogP contribution in [0, 0.1) is 0 Å². The molecule has 0 saturated heterocycles. The number of fused-ring (bicyclic) bond motifs is 1. The Hall–Kier alpha value is -3.21. The molecule has 0 spiro atoms. The van der Waals surface area contributed by atoms with E-state index in [-0.39, 0.29) is 0 Å². The van der Waals surface area contributed by atoms with Crippen LogP contribution in [0.5, 0.6) is 0 Å². The summed E-state index contributed by atoms with van der Waals surface area (Å²) in [7, 11) is 0. The molecular weight excluding hydrogens is 312 g/mol. The molecule has 2 heterocycles. The zero-order chi connectivity index (χ0) is 17.1. The first-order valence-electron chi connectivity index (χ1n) is 8.27. The van der Waals surface area contributed by atoms with Gasteiger partial charge in [0, 0.05) is 12.1 Å². The maximum absolute atomic E-state index is 5.54. The maximum Gasteiger partial charge on any atom is 0.228 e. The zero-order valence-electron chi connectivity index (χ0n) is 13.9. The molecule has 5 nitrogen and oxygen atoms in total. The molecule has 2 aromatic carbocycles. The van der Waals surface area contributed by atoms with Gasteiger partial charge >= 0.3 is 0 Å². The minimum atomic E-state index is 0.350. The van der Waals surface area contributed by atoms with Gasteiger partial charge in [-0.25, -0.2) is 9.97 Å². The van der Waals surface area contributed by atoms with Gasteiger partial charge < -0.3 is 9.84 Å². The summed E-state index contributed by atoms with van der Waals surface area (Å²) in [6.07, 6.45) is 1.54. The van der Waals surface area contributed by atoms with Crippen LogP contribution < -0.4 is 5.32 Å². The van der Waals surface area contributed by atoms with E-state index < -0.39 is 0 Å². The zero-order valence-corrected chi connectivity index (χ0v) is 13.9. The predicted octanol–water partition coefficient (Wildman–Crippen LogP) is 4.50. The Labute approximate surface area is 145 Å². The van der Waals surface area contributed by atoms with Gasteiger partial charge in [-0.1, -0.05) is 72.7 Å². The van der Waals surface area contributed by atoms with Gasteiger partial charge in [-0.3, -0.25) is 0 Å². The standard InChI is InChI=1S/C20H18N4O/c1-14(15-8-4-2-5-9-15)12-21-20-19-18(22-13-23-20)17(24-25-19)16-10-6-3-7-11-16/h2-11,13-14H,12H2,1H3,(H,21,22,23)/t14-/m1/s1. The van der Waals surface area contributed by atoms with E-state index in [0.29, 0.717) is 17.3 Å². The molecule has 1 N–H and O–H groups in total. The summed E-state index contributed by atoms with van der Waals surface area (Å²) in [4.78, 5) is 8.68. The topological polar surface area (TPSA) is 63.8 Å². The van der Waals surface area contributed by atoms with E-state index in [4.69, 9.17) is 4.52 Å². The minimum absolute atomic E-state index is 0.350. The van der Waals surface area contributed by atoms with Gasteiger partial charge in [-0.2, -0.15) is 0 Å². The minimum Gasteiger partial charge on any atom is -0.366 e. The van der Waals surface area contributed by atoms with Crippen LogP contribution in [0.25, 0.3) is 22.4 Å². The molecule has 0 aliphatic heterocycles. The van der Waals surface area contributed by atoms with Crippen LogP contribution in [0.3, 0.4) is 0 Å². The molecule has 2 aromatic heterocycles. The summed E-state index contributed by atoms with van der Waals surface area (Å²) in [5, 5.41) is 7.56.